The van der Waals surface area contributed by atoms with Crippen LogP contribution in [-0.2, 0) is 16.4 Å². The van der Waals surface area contributed by atoms with Crippen molar-refractivity contribution in [2.24, 2.45) is 0 Å². The molecular weight excluding hydrogens is 288 g/mol. The molecule has 1 atom stereocenters. The van der Waals surface area contributed by atoms with Gasteiger partial charge in [-0.15, -0.1) is 0 Å². The van der Waals surface area contributed by atoms with Crippen molar-refractivity contribution in [3.05, 3.63) is 53.9 Å². The van der Waals surface area contributed by atoms with Crippen LogP contribution in [0, 0.1) is 0 Å². The van der Waals surface area contributed by atoms with Crippen LogP contribution >= 0.6 is 0 Å². The van der Waals surface area contributed by atoms with E-state index in [0.29, 0.717) is 17.1 Å². The van der Waals surface area contributed by atoms with Gasteiger partial charge in [0.05, 0.1) is 22.4 Å². The fraction of sp³-hybridized carbons (Fsp3) is 0.267. The Kier molecular flexibility index (Phi) is 3.43. The number of aromatic hydroxyl groups is 1. The highest BCUT2D eigenvalue weighted by atomic mass is 32.2. The van der Waals surface area contributed by atoms with E-state index in [1.54, 1.807) is 30.5 Å². The van der Waals surface area contributed by atoms with Crippen LogP contribution in [0.1, 0.15) is 17.3 Å². The predicted octanol–water partition coefficient (Wildman–Crippen LogP) is 1.75. The lowest BCUT2D eigenvalue weighted by Gasteiger charge is -2.24. The van der Waals surface area contributed by atoms with E-state index in [2.05, 4.69) is 4.98 Å². The third kappa shape index (κ3) is 2.52. The zero-order valence-corrected chi connectivity index (χ0v) is 12.4. The van der Waals surface area contributed by atoms with E-state index < -0.39 is 9.84 Å². The van der Waals surface area contributed by atoms with Crippen molar-refractivity contribution in [2.45, 2.75) is 17.5 Å². The molecule has 5 nitrogen and oxygen atoms in total. The van der Waals surface area contributed by atoms with Crippen molar-refractivity contribution >= 4 is 9.84 Å². The van der Waals surface area contributed by atoms with Crippen LogP contribution in [0.3, 0.4) is 0 Å². The molecule has 0 radical (unpaired) electrons. The highest BCUT2D eigenvalue weighted by molar-refractivity contribution is 7.91. The molecule has 0 amide bonds. The average molecular weight is 304 g/mol. The Balaban J connectivity index is 1.90. The Bertz CT molecular complexity index is 774. The molecule has 0 bridgehead atoms. The number of hydrogen-bond donors (Lipinski definition) is 1. The molecule has 1 N–H and O–H groups in total. The quantitative estimate of drug-likeness (QED) is 0.935. The molecule has 0 fully saturated rings. The molecular formula is C15H16N2O3S. The number of sulfone groups is 1. The van der Waals surface area contributed by atoms with E-state index in [0.717, 1.165) is 5.56 Å². The van der Waals surface area contributed by atoms with Gasteiger partial charge in [0.2, 0.25) is 0 Å². The van der Waals surface area contributed by atoms with Gasteiger partial charge in [0, 0.05) is 12.7 Å². The van der Waals surface area contributed by atoms with Gasteiger partial charge in [-0.3, -0.25) is 9.88 Å². The Morgan fingerprint density at radius 3 is 2.81 bits per heavy atom. The molecule has 0 saturated carbocycles. The summed E-state index contributed by atoms with van der Waals surface area (Å²) in [6, 6.07) is 10.1. The lowest BCUT2D eigenvalue weighted by Crippen LogP contribution is -2.26. The molecule has 1 unspecified atom stereocenters. The highest BCUT2D eigenvalue weighted by Crippen LogP contribution is 2.37. The van der Waals surface area contributed by atoms with Gasteiger partial charge in [-0.1, -0.05) is 18.2 Å². The maximum absolute atomic E-state index is 12.2. The molecule has 1 aliphatic heterocycles. The van der Waals surface area contributed by atoms with E-state index in [1.165, 1.54) is 0 Å². The second-order valence-electron chi connectivity index (χ2n) is 5.22. The van der Waals surface area contributed by atoms with Crippen molar-refractivity contribution in [1.29, 1.82) is 0 Å². The number of pyridine rings is 1. The first-order valence-electron chi connectivity index (χ1n) is 6.64. The summed E-state index contributed by atoms with van der Waals surface area (Å²) in [4.78, 5) is 6.46. The predicted molar refractivity (Wildman–Crippen MR) is 78.6 cm³/mol. The zero-order chi connectivity index (χ0) is 15.0. The number of nitrogens with zero attached hydrogens (tertiary/aromatic N) is 2. The van der Waals surface area contributed by atoms with Crippen LogP contribution in [0.5, 0.6) is 5.75 Å². The summed E-state index contributed by atoms with van der Waals surface area (Å²) < 4.78 is 24.4. The molecule has 2 heterocycles. The molecule has 1 aliphatic rings. The average Bonchev–Trinajstić information content (AvgIpc) is 2.74. The first-order valence-corrected chi connectivity index (χ1v) is 8.29. The highest BCUT2D eigenvalue weighted by Gasteiger charge is 2.36. The number of fused-ring (bicyclic) bond motifs is 1. The van der Waals surface area contributed by atoms with Crippen LogP contribution in [0.25, 0.3) is 0 Å². The second-order valence-corrected chi connectivity index (χ2v) is 7.22. The summed E-state index contributed by atoms with van der Waals surface area (Å²) in [5.74, 6) is 0.190. The summed E-state index contributed by atoms with van der Waals surface area (Å²) in [5, 5.41) is 9.79. The number of aromatic nitrogens is 1. The molecule has 1 aromatic heterocycles. The van der Waals surface area contributed by atoms with E-state index in [1.807, 2.05) is 24.1 Å². The summed E-state index contributed by atoms with van der Waals surface area (Å²) in [6.07, 6.45) is 1.61. The molecule has 0 aliphatic carbocycles. The van der Waals surface area contributed by atoms with Gasteiger partial charge in [-0.2, -0.15) is 0 Å². The van der Waals surface area contributed by atoms with Gasteiger partial charge in [-0.25, -0.2) is 8.42 Å². The van der Waals surface area contributed by atoms with Gasteiger partial charge >= 0.3 is 0 Å². The Morgan fingerprint density at radius 1 is 1.29 bits per heavy atom. The van der Waals surface area contributed by atoms with Gasteiger partial charge in [0.15, 0.2) is 9.84 Å². The lowest BCUT2D eigenvalue weighted by atomic mass is 10.1. The maximum Gasteiger partial charge on any atom is 0.180 e. The van der Waals surface area contributed by atoms with Crippen LogP contribution in [0.15, 0.2) is 47.5 Å². The smallest absolute Gasteiger partial charge is 0.180 e. The van der Waals surface area contributed by atoms with Crippen LogP contribution in [0.2, 0.25) is 0 Å². The number of rotatable bonds is 3. The fourth-order valence-corrected chi connectivity index (χ4v) is 4.57. The molecule has 21 heavy (non-hydrogen) atoms. The van der Waals surface area contributed by atoms with Crippen LogP contribution in [0.4, 0.5) is 0 Å². The molecule has 0 spiro atoms. The first kappa shape index (κ1) is 14.0. The number of hydrogen-bond acceptors (Lipinski definition) is 5. The second kappa shape index (κ2) is 5.13. The summed E-state index contributed by atoms with van der Waals surface area (Å²) in [5.41, 5.74) is 1.36. The Labute approximate surface area is 123 Å². The SMILES string of the molecule is CN(Cc1ncccc1O)C1CS(=O)(=O)c2ccccc21. The van der Waals surface area contributed by atoms with E-state index in [4.69, 9.17) is 0 Å². The topological polar surface area (TPSA) is 70.5 Å². The molecule has 0 saturated heterocycles. The Morgan fingerprint density at radius 2 is 2.05 bits per heavy atom. The van der Waals surface area contributed by atoms with Crippen molar-refractivity contribution < 1.29 is 13.5 Å². The summed E-state index contributed by atoms with van der Waals surface area (Å²) in [6.45, 7) is 0.390. The van der Waals surface area contributed by atoms with Crippen molar-refractivity contribution in [1.82, 2.24) is 9.88 Å². The van der Waals surface area contributed by atoms with E-state index >= 15 is 0 Å². The third-order valence-corrected chi connectivity index (χ3v) is 5.58. The minimum atomic E-state index is -3.23. The van der Waals surface area contributed by atoms with Gasteiger partial charge in [-0.05, 0) is 30.8 Å². The third-order valence-electron chi connectivity index (χ3n) is 3.79. The minimum Gasteiger partial charge on any atom is -0.506 e. The monoisotopic (exact) mass is 304 g/mol. The lowest BCUT2D eigenvalue weighted by molar-refractivity contribution is 0.250. The van der Waals surface area contributed by atoms with Crippen LogP contribution in [-0.4, -0.2) is 36.2 Å². The first-order chi connectivity index (χ1) is 9.99. The Hall–Kier alpha value is -1.92. The van der Waals surface area contributed by atoms with Crippen molar-refractivity contribution in [3.8, 4) is 5.75 Å². The zero-order valence-electron chi connectivity index (χ0n) is 11.6. The summed E-state index contributed by atoms with van der Waals surface area (Å²) >= 11 is 0. The molecule has 6 heteroatoms. The van der Waals surface area contributed by atoms with E-state index in [-0.39, 0.29) is 17.5 Å². The largest absolute Gasteiger partial charge is 0.506 e. The van der Waals surface area contributed by atoms with E-state index in [9.17, 15) is 13.5 Å². The minimum absolute atomic E-state index is 0.0659. The normalized spacial score (nSPS) is 19.6. The molecule has 3 rings (SSSR count). The fourth-order valence-electron chi connectivity index (χ4n) is 2.69. The molecule has 110 valence electrons. The van der Waals surface area contributed by atoms with Crippen LogP contribution < -0.4 is 0 Å². The van der Waals surface area contributed by atoms with Crippen molar-refractivity contribution in [3.63, 3.8) is 0 Å². The molecule has 2 aromatic rings. The maximum atomic E-state index is 12.2. The molecule has 1 aromatic carbocycles. The summed E-state index contributed by atoms with van der Waals surface area (Å²) in [7, 11) is -1.38. The number of benzene rings is 1. The van der Waals surface area contributed by atoms with Gasteiger partial charge < -0.3 is 5.11 Å². The van der Waals surface area contributed by atoms with Gasteiger partial charge in [0.1, 0.15) is 5.75 Å². The van der Waals surface area contributed by atoms with Gasteiger partial charge in [0.25, 0.3) is 0 Å². The van der Waals surface area contributed by atoms with Crippen molar-refractivity contribution in [2.75, 3.05) is 12.8 Å². The standard InChI is InChI=1S/C15H16N2O3S/c1-17(9-12-14(18)6-4-8-16-12)13-10-21(19,20)15-7-3-2-5-11(13)15/h2-8,13,18H,9-10H2,1H3.